The molecule has 0 radical (unpaired) electrons. The lowest BCUT2D eigenvalue weighted by Gasteiger charge is -2.46. The van der Waals surface area contributed by atoms with Crippen molar-refractivity contribution in [3.05, 3.63) is 23.3 Å². The van der Waals surface area contributed by atoms with Crippen molar-refractivity contribution in [2.24, 2.45) is 21.5 Å². The molecule has 0 unspecified atom stereocenters. The van der Waals surface area contributed by atoms with Crippen LogP contribution in [0.25, 0.3) is 0 Å². The van der Waals surface area contributed by atoms with E-state index in [1.54, 1.807) is 0 Å². The van der Waals surface area contributed by atoms with E-state index in [1.807, 2.05) is 4.90 Å². The van der Waals surface area contributed by atoms with Crippen LogP contribution in [0.3, 0.4) is 0 Å². The Morgan fingerprint density at radius 3 is 2.68 bits per heavy atom. The number of nitrogens with zero attached hydrogens (tertiary/aromatic N) is 3. The molecule has 2 aliphatic heterocycles. The van der Waals surface area contributed by atoms with Crippen molar-refractivity contribution in [1.29, 1.82) is 0 Å². The minimum Gasteiger partial charge on any atom is -0.369 e. The summed E-state index contributed by atoms with van der Waals surface area (Å²) in [6.45, 7) is 2.06. The van der Waals surface area contributed by atoms with Crippen LogP contribution in [0.5, 0.6) is 0 Å². The number of aliphatic imine (C=N–C) groups is 2. The maximum Gasteiger partial charge on any atom is 0.224 e. The number of carbonyl (C=O) groups is 1. The van der Waals surface area contributed by atoms with Crippen LogP contribution in [0.2, 0.25) is 0 Å². The molecule has 0 atom stereocenters. The molecule has 0 aromatic heterocycles. The molecule has 3 aliphatic rings. The molecule has 132 valence electrons. The second-order valence-electron chi connectivity index (χ2n) is 7.18. The van der Waals surface area contributed by atoms with Crippen LogP contribution >= 0.6 is 0 Å². The number of rotatable bonds is 1. The van der Waals surface area contributed by atoms with E-state index in [4.69, 9.17) is 16.5 Å². The Morgan fingerprint density at radius 2 is 1.92 bits per heavy atom. The molecule has 0 bridgehead atoms. The van der Waals surface area contributed by atoms with E-state index in [2.05, 4.69) is 29.4 Å². The first-order valence-corrected chi connectivity index (χ1v) is 8.92. The van der Waals surface area contributed by atoms with Crippen molar-refractivity contribution in [3.8, 4) is 0 Å². The number of guanidine groups is 2. The van der Waals surface area contributed by atoms with Gasteiger partial charge < -0.3 is 16.8 Å². The van der Waals surface area contributed by atoms with Gasteiger partial charge in [0.25, 0.3) is 0 Å². The smallest absolute Gasteiger partial charge is 0.224 e. The van der Waals surface area contributed by atoms with Crippen LogP contribution in [0.15, 0.2) is 22.1 Å². The van der Waals surface area contributed by atoms with Crippen molar-refractivity contribution in [1.82, 2.24) is 0 Å². The van der Waals surface area contributed by atoms with E-state index in [9.17, 15) is 4.79 Å². The summed E-state index contributed by atoms with van der Waals surface area (Å²) >= 11 is 0. The van der Waals surface area contributed by atoms with Gasteiger partial charge in [-0.2, -0.15) is 4.99 Å². The highest BCUT2D eigenvalue weighted by atomic mass is 16.1. The van der Waals surface area contributed by atoms with Gasteiger partial charge in [0, 0.05) is 6.42 Å². The summed E-state index contributed by atoms with van der Waals surface area (Å²) in [6, 6.07) is 4.18. The zero-order chi connectivity index (χ0) is 17.6. The van der Waals surface area contributed by atoms with Crippen molar-refractivity contribution in [2.45, 2.75) is 57.5 Å². The summed E-state index contributed by atoms with van der Waals surface area (Å²) in [4.78, 5) is 23.0. The Hall–Kier alpha value is -2.57. The molecule has 1 aromatic carbocycles. The molecule has 1 aliphatic carbocycles. The zero-order valence-electron chi connectivity index (χ0n) is 14.5. The molecule has 7 nitrogen and oxygen atoms in total. The molecule has 1 spiro atoms. The van der Waals surface area contributed by atoms with Gasteiger partial charge in [0.15, 0.2) is 0 Å². The second-order valence-corrected chi connectivity index (χ2v) is 7.18. The van der Waals surface area contributed by atoms with Gasteiger partial charge in [0.05, 0.1) is 11.4 Å². The summed E-state index contributed by atoms with van der Waals surface area (Å²) in [5, 5.41) is 3.04. The largest absolute Gasteiger partial charge is 0.369 e. The fourth-order valence-electron chi connectivity index (χ4n) is 4.28. The standard InChI is InChI=1S/C18H24N6O/c1-11-9-12-5-6-14(25)21-15(12)13(10-11)24-17(20)22-16(19)23-18(24)7-3-2-4-8-18/h9-10H,2-8H2,1H3,(H,21,25)(H4,19,20,22,23). The number of hydrogen-bond acceptors (Lipinski definition) is 6. The van der Waals surface area contributed by atoms with E-state index in [-0.39, 0.29) is 11.9 Å². The average Bonchev–Trinajstić information content (AvgIpc) is 2.55. The van der Waals surface area contributed by atoms with Gasteiger partial charge in [-0.3, -0.25) is 9.69 Å². The number of hydrogen-bond donors (Lipinski definition) is 3. The molecule has 1 aromatic rings. The zero-order valence-corrected chi connectivity index (χ0v) is 14.5. The first kappa shape index (κ1) is 15.9. The maximum atomic E-state index is 12.0. The minimum atomic E-state index is -0.502. The summed E-state index contributed by atoms with van der Waals surface area (Å²) in [5.74, 6) is 0.620. The highest BCUT2D eigenvalue weighted by molar-refractivity contribution is 6.09. The molecule has 1 amide bonds. The van der Waals surface area contributed by atoms with Gasteiger partial charge in [-0.1, -0.05) is 12.5 Å². The van der Waals surface area contributed by atoms with E-state index >= 15 is 0 Å². The van der Waals surface area contributed by atoms with Crippen molar-refractivity contribution < 1.29 is 4.79 Å². The van der Waals surface area contributed by atoms with Gasteiger partial charge in [0.1, 0.15) is 5.66 Å². The van der Waals surface area contributed by atoms with Crippen LogP contribution in [0.4, 0.5) is 11.4 Å². The quantitative estimate of drug-likeness (QED) is 0.726. The third-order valence-electron chi connectivity index (χ3n) is 5.32. The molecule has 2 heterocycles. The number of nitrogens with two attached hydrogens (primary N) is 2. The highest BCUT2D eigenvalue weighted by Crippen LogP contribution is 2.44. The average molecular weight is 340 g/mol. The van der Waals surface area contributed by atoms with E-state index in [0.29, 0.717) is 12.4 Å². The van der Waals surface area contributed by atoms with Crippen molar-refractivity contribution >= 4 is 29.2 Å². The van der Waals surface area contributed by atoms with Gasteiger partial charge in [0.2, 0.25) is 17.8 Å². The molecule has 1 fully saturated rings. The van der Waals surface area contributed by atoms with Gasteiger partial charge in [-0.15, -0.1) is 0 Å². The number of carbonyl (C=O) groups excluding carboxylic acids is 1. The SMILES string of the molecule is Cc1cc2c(c(N3C(N)=NC(N)=NC34CCCCC4)c1)NC(=O)CC2. The first-order valence-electron chi connectivity index (χ1n) is 8.92. The fraction of sp³-hybridized carbons (Fsp3) is 0.500. The summed E-state index contributed by atoms with van der Waals surface area (Å²) in [7, 11) is 0. The van der Waals surface area contributed by atoms with Crippen molar-refractivity contribution in [2.75, 3.05) is 10.2 Å². The van der Waals surface area contributed by atoms with Crippen LogP contribution in [0.1, 0.15) is 49.7 Å². The topological polar surface area (TPSA) is 109 Å². The summed E-state index contributed by atoms with van der Waals surface area (Å²) in [6.07, 6.45) is 6.32. The Labute approximate surface area is 147 Å². The molecule has 7 heteroatoms. The third kappa shape index (κ3) is 2.63. The normalized spacial score (nSPS) is 22.1. The third-order valence-corrected chi connectivity index (χ3v) is 5.32. The number of aryl methyl sites for hydroxylation is 2. The minimum absolute atomic E-state index is 0.0332. The Bertz CT molecular complexity index is 791. The highest BCUT2D eigenvalue weighted by Gasteiger charge is 2.44. The second kappa shape index (κ2) is 5.75. The lowest BCUT2D eigenvalue weighted by Crippen LogP contribution is -2.58. The lowest BCUT2D eigenvalue weighted by atomic mass is 9.86. The van der Waals surface area contributed by atoms with Crippen molar-refractivity contribution in [3.63, 3.8) is 0 Å². The molecule has 1 saturated carbocycles. The molecular weight excluding hydrogens is 316 g/mol. The van der Waals surface area contributed by atoms with Gasteiger partial charge in [-0.05, 0) is 56.2 Å². The molecule has 5 N–H and O–H groups in total. The maximum absolute atomic E-state index is 12.0. The fourth-order valence-corrected chi connectivity index (χ4v) is 4.28. The first-order chi connectivity index (χ1) is 12.0. The molecular formula is C18H24N6O. The van der Waals surface area contributed by atoms with E-state index in [1.165, 1.54) is 6.42 Å². The predicted molar refractivity (Wildman–Crippen MR) is 99.7 cm³/mol. The number of amides is 1. The number of benzene rings is 1. The van der Waals surface area contributed by atoms with E-state index in [0.717, 1.165) is 54.6 Å². The van der Waals surface area contributed by atoms with Gasteiger partial charge in [-0.25, -0.2) is 4.99 Å². The Morgan fingerprint density at radius 1 is 1.16 bits per heavy atom. The number of fused-ring (bicyclic) bond motifs is 1. The van der Waals surface area contributed by atoms with Crippen LogP contribution in [0, 0.1) is 6.92 Å². The van der Waals surface area contributed by atoms with E-state index < -0.39 is 5.66 Å². The number of anilines is 2. The molecule has 0 saturated heterocycles. The van der Waals surface area contributed by atoms with Gasteiger partial charge >= 0.3 is 0 Å². The monoisotopic (exact) mass is 340 g/mol. The number of nitrogens with one attached hydrogen (secondary N) is 1. The Balaban J connectivity index is 1.89. The van der Waals surface area contributed by atoms with Crippen LogP contribution < -0.4 is 21.7 Å². The summed E-state index contributed by atoms with van der Waals surface area (Å²) in [5.41, 5.74) is 15.7. The predicted octanol–water partition coefficient (Wildman–Crippen LogP) is 1.99. The lowest BCUT2D eigenvalue weighted by molar-refractivity contribution is -0.116. The Kier molecular flexibility index (Phi) is 3.67. The van der Waals surface area contributed by atoms with Crippen LogP contribution in [-0.4, -0.2) is 23.5 Å². The molecule has 25 heavy (non-hydrogen) atoms. The molecule has 4 rings (SSSR count). The van der Waals surface area contributed by atoms with Crippen LogP contribution in [-0.2, 0) is 11.2 Å². The summed E-state index contributed by atoms with van der Waals surface area (Å²) < 4.78 is 0.